The van der Waals surface area contributed by atoms with Crippen molar-refractivity contribution in [2.24, 2.45) is 7.05 Å². The molecule has 2 aromatic carbocycles. The Morgan fingerprint density at radius 1 is 1.18 bits per heavy atom. The Morgan fingerprint density at radius 2 is 1.82 bits per heavy atom. The first kappa shape index (κ1) is 19.2. The van der Waals surface area contributed by atoms with Gasteiger partial charge in [0.25, 0.3) is 0 Å². The van der Waals surface area contributed by atoms with Crippen LogP contribution >= 0.6 is 0 Å². The first-order chi connectivity index (χ1) is 13.5. The average Bonchev–Trinajstić information content (AvgIpc) is 2.99. The molecule has 0 aliphatic rings. The SMILES string of the molecule is [C-]#[N+]c1c(-c2ccc(OCc3ccc(F)cc3)cc2)c(C(=O)O)n(C)c1CC. The van der Waals surface area contributed by atoms with E-state index >= 15 is 0 Å². The molecular formula is C22H19FN2O3. The first-order valence-electron chi connectivity index (χ1n) is 8.76. The highest BCUT2D eigenvalue weighted by Crippen LogP contribution is 2.39. The van der Waals surface area contributed by atoms with E-state index in [9.17, 15) is 14.3 Å². The smallest absolute Gasteiger partial charge is 0.351 e. The van der Waals surface area contributed by atoms with E-state index < -0.39 is 5.97 Å². The largest absolute Gasteiger partial charge is 0.489 e. The van der Waals surface area contributed by atoms with Crippen molar-refractivity contribution in [2.45, 2.75) is 20.0 Å². The lowest BCUT2D eigenvalue weighted by atomic mass is 10.0. The molecule has 1 aromatic heterocycles. The number of nitrogens with zero attached hydrogens (tertiary/aromatic N) is 2. The zero-order valence-electron chi connectivity index (χ0n) is 15.6. The summed E-state index contributed by atoms with van der Waals surface area (Å²) in [6.45, 7) is 9.70. The molecule has 0 fully saturated rings. The number of halogens is 1. The Kier molecular flexibility index (Phi) is 5.46. The van der Waals surface area contributed by atoms with Gasteiger partial charge in [-0.1, -0.05) is 31.2 Å². The van der Waals surface area contributed by atoms with Gasteiger partial charge in [0.1, 0.15) is 23.9 Å². The monoisotopic (exact) mass is 378 g/mol. The summed E-state index contributed by atoms with van der Waals surface area (Å²) in [6, 6.07) is 13.0. The van der Waals surface area contributed by atoms with Gasteiger partial charge in [0.2, 0.25) is 5.69 Å². The fraction of sp³-hybridized carbons (Fsp3) is 0.182. The lowest BCUT2D eigenvalue weighted by molar-refractivity contribution is 0.0687. The van der Waals surface area contributed by atoms with E-state index in [0.29, 0.717) is 41.3 Å². The second kappa shape index (κ2) is 7.97. The molecule has 0 atom stereocenters. The molecule has 5 nitrogen and oxygen atoms in total. The summed E-state index contributed by atoms with van der Waals surface area (Å²) < 4.78 is 20.2. The fourth-order valence-corrected chi connectivity index (χ4v) is 3.23. The summed E-state index contributed by atoms with van der Waals surface area (Å²) in [7, 11) is 1.67. The maximum atomic E-state index is 13.0. The van der Waals surface area contributed by atoms with Crippen LogP contribution < -0.4 is 4.74 Å². The molecule has 142 valence electrons. The predicted molar refractivity (Wildman–Crippen MR) is 104 cm³/mol. The minimum Gasteiger partial charge on any atom is -0.489 e. The van der Waals surface area contributed by atoms with E-state index in [0.717, 1.165) is 5.56 Å². The zero-order valence-corrected chi connectivity index (χ0v) is 15.6. The van der Waals surface area contributed by atoms with Crippen LogP contribution in [-0.4, -0.2) is 15.6 Å². The molecule has 0 spiro atoms. The van der Waals surface area contributed by atoms with Gasteiger partial charge in [-0.2, -0.15) is 0 Å². The van der Waals surface area contributed by atoms with Gasteiger partial charge in [0.15, 0.2) is 0 Å². The average molecular weight is 378 g/mol. The summed E-state index contributed by atoms with van der Waals surface area (Å²) in [4.78, 5) is 15.4. The van der Waals surface area contributed by atoms with Gasteiger partial charge in [-0.3, -0.25) is 0 Å². The number of hydrogen-bond acceptors (Lipinski definition) is 2. The van der Waals surface area contributed by atoms with Crippen LogP contribution in [0.25, 0.3) is 16.0 Å². The predicted octanol–water partition coefficient (Wildman–Crippen LogP) is 5.22. The van der Waals surface area contributed by atoms with E-state index in [-0.39, 0.29) is 11.5 Å². The van der Waals surface area contributed by atoms with Gasteiger partial charge in [-0.05, 0) is 41.8 Å². The molecule has 3 rings (SSSR count). The normalized spacial score (nSPS) is 10.5. The third-order valence-corrected chi connectivity index (χ3v) is 4.60. The van der Waals surface area contributed by atoms with Gasteiger partial charge in [0.05, 0.1) is 6.57 Å². The van der Waals surface area contributed by atoms with E-state index in [1.165, 1.54) is 12.1 Å². The number of hydrogen-bond donors (Lipinski definition) is 1. The second-order valence-electron chi connectivity index (χ2n) is 6.29. The van der Waals surface area contributed by atoms with Crippen LogP contribution in [-0.2, 0) is 20.1 Å². The highest BCUT2D eigenvalue weighted by atomic mass is 19.1. The maximum Gasteiger partial charge on any atom is 0.351 e. The lowest BCUT2D eigenvalue weighted by Gasteiger charge is -2.08. The number of aromatic carboxylic acids is 1. The Labute approximate surface area is 162 Å². The molecule has 0 saturated heterocycles. The van der Waals surface area contributed by atoms with Gasteiger partial charge in [0, 0.05) is 18.3 Å². The molecule has 0 aliphatic heterocycles. The molecule has 0 unspecified atom stereocenters. The molecule has 6 heteroatoms. The molecule has 0 radical (unpaired) electrons. The maximum absolute atomic E-state index is 13.0. The first-order valence-corrected chi connectivity index (χ1v) is 8.76. The van der Waals surface area contributed by atoms with E-state index in [1.54, 1.807) is 48.0 Å². The van der Waals surface area contributed by atoms with E-state index in [4.69, 9.17) is 11.3 Å². The Morgan fingerprint density at radius 3 is 2.36 bits per heavy atom. The number of aromatic nitrogens is 1. The number of carboxylic acids is 1. The minimum absolute atomic E-state index is 0.0998. The van der Waals surface area contributed by atoms with Gasteiger partial charge >= 0.3 is 5.97 Å². The number of rotatable bonds is 6. The molecule has 1 N–H and O–H groups in total. The van der Waals surface area contributed by atoms with Crippen molar-refractivity contribution >= 4 is 11.7 Å². The van der Waals surface area contributed by atoms with Crippen molar-refractivity contribution in [2.75, 3.05) is 0 Å². The van der Waals surface area contributed by atoms with Crippen molar-refractivity contribution < 1.29 is 19.0 Å². The molecular weight excluding hydrogens is 359 g/mol. The van der Waals surface area contributed by atoms with Gasteiger partial charge in [-0.15, -0.1) is 0 Å². The highest BCUT2D eigenvalue weighted by molar-refractivity contribution is 6.00. The molecule has 3 aromatic rings. The number of ether oxygens (including phenoxy) is 1. The van der Waals surface area contributed by atoms with Crippen LogP contribution in [0.15, 0.2) is 48.5 Å². The Bertz CT molecular complexity index is 1050. The summed E-state index contributed by atoms with van der Waals surface area (Å²) in [5, 5.41) is 9.65. The van der Waals surface area contributed by atoms with E-state index in [1.807, 2.05) is 6.92 Å². The third-order valence-electron chi connectivity index (χ3n) is 4.60. The number of carboxylic acid groups (broad SMARTS) is 1. The lowest BCUT2D eigenvalue weighted by Crippen LogP contribution is -2.07. The van der Waals surface area contributed by atoms with Crippen molar-refractivity contribution in [1.29, 1.82) is 0 Å². The van der Waals surface area contributed by atoms with Crippen LogP contribution in [0.2, 0.25) is 0 Å². The van der Waals surface area contributed by atoms with Gasteiger partial charge in [-0.25, -0.2) is 14.0 Å². The van der Waals surface area contributed by atoms with Crippen molar-refractivity contribution in [3.05, 3.63) is 82.7 Å². The summed E-state index contributed by atoms with van der Waals surface area (Å²) in [5.74, 6) is -0.771. The van der Waals surface area contributed by atoms with Crippen molar-refractivity contribution in [3.63, 3.8) is 0 Å². The zero-order chi connectivity index (χ0) is 20.3. The molecule has 1 heterocycles. The van der Waals surface area contributed by atoms with E-state index in [2.05, 4.69) is 4.85 Å². The Balaban J connectivity index is 1.90. The quantitative estimate of drug-likeness (QED) is 0.598. The van der Waals surface area contributed by atoms with Crippen LogP contribution in [0, 0.1) is 12.4 Å². The molecule has 0 aliphatic carbocycles. The topological polar surface area (TPSA) is 55.8 Å². The fourth-order valence-electron chi connectivity index (χ4n) is 3.23. The van der Waals surface area contributed by atoms with Crippen LogP contribution in [0.5, 0.6) is 5.75 Å². The van der Waals surface area contributed by atoms with Gasteiger partial charge < -0.3 is 14.4 Å². The number of carbonyl (C=O) groups is 1. The summed E-state index contributed by atoms with van der Waals surface area (Å²) in [5.41, 5.74) is 3.06. The van der Waals surface area contributed by atoms with Crippen molar-refractivity contribution in [1.82, 2.24) is 4.57 Å². The molecule has 28 heavy (non-hydrogen) atoms. The summed E-state index contributed by atoms with van der Waals surface area (Å²) >= 11 is 0. The van der Waals surface area contributed by atoms with Crippen LogP contribution in [0.4, 0.5) is 10.1 Å². The second-order valence-corrected chi connectivity index (χ2v) is 6.29. The molecule has 0 bridgehead atoms. The molecule has 0 amide bonds. The van der Waals surface area contributed by atoms with Crippen LogP contribution in [0.3, 0.4) is 0 Å². The highest BCUT2D eigenvalue weighted by Gasteiger charge is 2.25. The summed E-state index contributed by atoms with van der Waals surface area (Å²) in [6.07, 6.45) is 0.563. The van der Waals surface area contributed by atoms with Crippen LogP contribution in [0.1, 0.15) is 28.7 Å². The standard InChI is InChI=1S/C22H19FN2O3/c1-4-18-20(24-2)19(21(22(26)27)25(18)3)15-7-11-17(12-8-15)28-13-14-5-9-16(23)10-6-14/h5-12H,4,13H2,1,3H3,(H,26,27). The number of benzene rings is 2. The molecule has 0 saturated carbocycles. The minimum atomic E-state index is -1.07. The van der Waals surface area contributed by atoms with Crippen molar-refractivity contribution in [3.8, 4) is 16.9 Å². The third kappa shape index (κ3) is 3.60. The Hall–Kier alpha value is -3.59.